The van der Waals surface area contributed by atoms with Crippen LogP contribution in [0.3, 0.4) is 0 Å². The summed E-state index contributed by atoms with van der Waals surface area (Å²) in [4.78, 5) is 19.7. The molecule has 1 fully saturated rings. The van der Waals surface area contributed by atoms with E-state index in [1.165, 1.54) is 0 Å². The average molecular weight is 456 g/mol. The van der Waals surface area contributed by atoms with E-state index < -0.39 is 6.10 Å². The fraction of sp³-hybridized carbons (Fsp3) is 0.286. The molecule has 1 saturated heterocycles. The second kappa shape index (κ2) is 9.31. The summed E-state index contributed by atoms with van der Waals surface area (Å²) in [5.41, 5.74) is 5.01. The molecule has 1 aliphatic rings. The lowest BCUT2D eigenvalue weighted by molar-refractivity contribution is -0.117. The number of anilines is 1. The topological polar surface area (TPSA) is 67.6 Å². The molecule has 174 valence electrons. The molecule has 0 spiro atoms. The van der Waals surface area contributed by atoms with Gasteiger partial charge in [-0.3, -0.25) is 4.79 Å². The van der Waals surface area contributed by atoms with Crippen LogP contribution >= 0.6 is 0 Å². The lowest BCUT2D eigenvalue weighted by Crippen LogP contribution is -2.27. The van der Waals surface area contributed by atoms with Gasteiger partial charge in [-0.05, 0) is 49.7 Å². The summed E-state index contributed by atoms with van der Waals surface area (Å²) in [5.74, 6) is 1.61. The fourth-order valence-electron chi connectivity index (χ4n) is 4.67. The molecule has 5 rings (SSSR count). The van der Waals surface area contributed by atoms with Crippen molar-refractivity contribution in [2.45, 2.75) is 38.8 Å². The van der Waals surface area contributed by atoms with Crippen LogP contribution in [0.15, 0.2) is 72.8 Å². The van der Waals surface area contributed by atoms with Crippen molar-refractivity contribution in [2.75, 3.05) is 18.1 Å². The molecule has 0 bridgehead atoms. The van der Waals surface area contributed by atoms with Crippen molar-refractivity contribution in [1.29, 1.82) is 0 Å². The first-order valence-electron chi connectivity index (χ1n) is 11.7. The maximum Gasteiger partial charge on any atom is 0.227 e. The average Bonchev–Trinajstić information content (AvgIpc) is 3.39. The van der Waals surface area contributed by atoms with Gasteiger partial charge in [0.1, 0.15) is 24.3 Å². The maximum atomic E-state index is 13.0. The third kappa shape index (κ3) is 4.41. The minimum Gasteiger partial charge on any atom is -0.491 e. The SMILES string of the molecule is Cc1ccc(OC[C@@H](O)Cn2c([C@H]3CC(=O)N(c4ccccc4C)C3)nc3ccccc32)cc1. The van der Waals surface area contributed by atoms with Crippen LogP contribution in [0.5, 0.6) is 5.75 Å². The summed E-state index contributed by atoms with van der Waals surface area (Å²) < 4.78 is 7.86. The molecule has 1 N–H and O–H groups in total. The first kappa shape index (κ1) is 22.2. The molecule has 2 heterocycles. The van der Waals surface area contributed by atoms with Crippen LogP contribution in [0.2, 0.25) is 0 Å². The zero-order valence-corrected chi connectivity index (χ0v) is 19.5. The Hall–Kier alpha value is -3.64. The van der Waals surface area contributed by atoms with E-state index >= 15 is 0 Å². The van der Waals surface area contributed by atoms with Crippen LogP contribution < -0.4 is 9.64 Å². The van der Waals surface area contributed by atoms with Crippen molar-refractivity contribution in [3.63, 3.8) is 0 Å². The monoisotopic (exact) mass is 455 g/mol. The Bertz CT molecular complexity index is 1310. The first-order chi connectivity index (χ1) is 16.5. The summed E-state index contributed by atoms with van der Waals surface area (Å²) in [6.45, 7) is 5.14. The summed E-state index contributed by atoms with van der Waals surface area (Å²) in [6.07, 6.45) is -0.324. The summed E-state index contributed by atoms with van der Waals surface area (Å²) >= 11 is 0. The number of benzene rings is 3. The highest BCUT2D eigenvalue weighted by Gasteiger charge is 2.35. The number of aliphatic hydroxyl groups is 1. The summed E-state index contributed by atoms with van der Waals surface area (Å²) in [6, 6.07) is 23.7. The number of fused-ring (bicyclic) bond motifs is 1. The molecule has 2 atom stereocenters. The van der Waals surface area contributed by atoms with Gasteiger partial charge >= 0.3 is 0 Å². The van der Waals surface area contributed by atoms with Crippen LogP contribution in [0.1, 0.15) is 29.3 Å². The number of hydrogen-bond acceptors (Lipinski definition) is 4. The third-order valence-electron chi connectivity index (χ3n) is 6.44. The van der Waals surface area contributed by atoms with Gasteiger partial charge in [-0.2, -0.15) is 0 Å². The number of aryl methyl sites for hydroxylation is 2. The van der Waals surface area contributed by atoms with E-state index in [-0.39, 0.29) is 18.4 Å². The van der Waals surface area contributed by atoms with E-state index in [1.54, 1.807) is 0 Å². The molecule has 4 aromatic rings. The molecule has 6 nitrogen and oxygen atoms in total. The van der Waals surface area contributed by atoms with E-state index in [9.17, 15) is 9.90 Å². The molecule has 1 amide bonds. The Morgan fingerprint density at radius 3 is 2.56 bits per heavy atom. The van der Waals surface area contributed by atoms with Gasteiger partial charge in [0, 0.05) is 24.6 Å². The third-order valence-corrected chi connectivity index (χ3v) is 6.44. The van der Waals surface area contributed by atoms with Crippen molar-refractivity contribution >= 4 is 22.6 Å². The molecule has 6 heteroatoms. The fourth-order valence-corrected chi connectivity index (χ4v) is 4.67. The predicted octanol–water partition coefficient (Wildman–Crippen LogP) is 4.61. The van der Waals surface area contributed by atoms with Crippen LogP contribution in [-0.2, 0) is 11.3 Å². The van der Waals surface area contributed by atoms with Gasteiger partial charge in [0.25, 0.3) is 0 Å². The van der Waals surface area contributed by atoms with Crippen LogP contribution in [0.25, 0.3) is 11.0 Å². The highest BCUT2D eigenvalue weighted by Crippen LogP contribution is 2.34. The molecular formula is C28H29N3O3. The number of nitrogens with zero attached hydrogens (tertiary/aromatic N) is 3. The van der Waals surface area contributed by atoms with Gasteiger partial charge in [0.15, 0.2) is 0 Å². The Morgan fingerprint density at radius 1 is 1.03 bits per heavy atom. The predicted molar refractivity (Wildman–Crippen MR) is 133 cm³/mol. The van der Waals surface area contributed by atoms with Gasteiger partial charge in [-0.15, -0.1) is 0 Å². The first-order valence-corrected chi connectivity index (χ1v) is 11.7. The molecular weight excluding hydrogens is 426 g/mol. The van der Waals surface area contributed by atoms with Crippen molar-refractivity contribution in [2.24, 2.45) is 0 Å². The molecule has 0 saturated carbocycles. The largest absolute Gasteiger partial charge is 0.491 e. The van der Waals surface area contributed by atoms with Gasteiger partial charge in [0.2, 0.25) is 5.91 Å². The van der Waals surface area contributed by atoms with E-state index in [0.717, 1.165) is 39.4 Å². The number of amides is 1. The molecule has 1 aromatic heterocycles. The highest BCUT2D eigenvalue weighted by molar-refractivity contribution is 5.97. The normalized spacial score (nSPS) is 16.9. The van der Waals surface area contributed by atoms with Crippen LogP contribution in [0.4, 0.5) is 5.69 Å². The van der Waals surface area contributed by atoms with Gasteiger partial charge < -0.3 is 19.3 Å². The number of imidazole rings is 1. The smallest absolute Gasteiger partial charge is 0.227 e. The molecule has 3 aromatic carbocycles. The van der Waals surface area contributed by atoms with Crippen LogP contribution in [0, 0.1) is 13.8 Å². The molecule has 0 radical (unpaired) electrons. The van der Waals surface area contributed by atoms with E-state index in [0.29, 0.717) is 19.5 Å². The number of carbonyl (C=O) groups excluding carboxylic acids is 1. The standard InChI is InChI=1S/C28H29N3O3/c1-19-11-13-23(14-12-19)34-18-22(32)17-31-26-10-6-4-8-24(26)29-28(31)21-15-27(33)30(16-21)25-9-5-3-7-20(25)2/h3-14,21-22,32H,15-18H2,1-2H3/t21-,22-/m0/s1. The van der Waals surface area contributed by atoms with Crippen molar-refractivity contribution in [3.8, 4) is 5.75 Å². The lowest BCUT2D eigenvalue weighted by Gasteiger charge is -2.20. The van der Waals surface area contributed by atoms with E-state index in [4.69, 9.17) is 9.72 Å². The second-order valence-corrected chi connectivity index (χ2v) is 9.04. The maximum absolute atomic E-state index is 13.0. The number of hydrogen-bond donors (Lipinski definition) is 1. The minimum absolute atomic E-state index is 0.0512. The number of aromatic nitrogens is 2. The van der Waals surface area contributed by atoms with Crippen molar-refractivity contribution < 1.29 is 14.6 Å². The number of para-hydroxylation sites is 3. The highest BCUT2D eigenvalue weighted by atomic mass is 16.5. The Morgan fingerprint density at radius 2 is 1.76 bits per heavy atom. The quantitative estimate of drug-likeness (QED) is 0.442. The zero-order valence-electron chi connectivity index (χ0n) is 19.5. The lowest BCUT2D eigenvalue weighted by atomic mass is 10.1. The Balaban J connectivity index is 1.38. The number of ether oxygens (including phenoxy) is 1. The zero-order chi connectivity index (χ0) is 23.7. The van der Waals surface area contributed by atoms with Crippen molar-refractivity contribution in [3.05, 3.63) is 89.7 Å². The second-order valence-electron chi connectivity index (χ2n) is 9.04. The molecule has 0 aliphatic carbocycles. The summed E-state index contributed by atoms with van der Waals surface area (Å²) in [7, 11) is 0. The van der Waals surface area contributed by atoms with E-state index in [1.807, 2.05) is 91.5 Å². The number of rotatable bonds is 7. The molecule has 34 heavy (non-hydrogen) atoms. The molecule has 1 aliphatic heterocycles. The van der Waals surface area contributed by atoms with Gasteiger partial charge in [-0.25, -0.2) is 4.98 Å². The number of carbonyl (C=O) groups is 1. The van der Waals surface area contributed by atoms with Gasteiger partial charge in [-0.1, -0.05) is 48.0 Å². The Kier molecular flexibility index (Phi) is 6.07. The van der Waals surface area contributed by atoms with Gasteiger partial charge in [0.05, 0.1) is 17.6 Å². The Labute approximate surface area is 199 Å². The molecule has 0 unspecified atom stereocenters. The van der Waals surface area contributed by atoms with Crippen molar-refractivity contribution in [1.82, 2.24) is 9.55 Å². The minimum atomic E-state index is -0.720. The number of aliphatic hydroxyl groups excluding tert-OH is 1. The van der Waals surface area contributed by atoms with Crippen LogP contribution in [-0.4, -0.2) is 39.8 Å². The van der Waals surface area contributed by atoms with E-state index in [2.05, 4.69) is 4.57 Å². The summed E-state index contributed by atoms with van der Waals surface area (Å²) in [5, 5.41) is 10.8.